The second-order valence-electron chi connectivity index (χ2n) is 8.39. The van der Waals surface area contributed by atoms with Crippen LogP contribution in [-0.4, -0.2) is 22.6 Å². The molecular weight excluding hydrogens is 438 g/mol. The Morgan fingerprint density at radius 2 is 1.26 bits per heavy atom. The van der Waals surface area contributed by atoms with Crippen molar-refractivity contribution in [1.82, 2.24) is 10.2 Å². The number of rotatable bonds is 6. The van der Waals surface area contributed by atoms with E-state index in [1.54, 1.807) is 42.5 Å². The molecule has 1 heterocycles. The van der Waals surface area contributed by atoms with Crippen molar-refractivity contribution in [3.63, 3.8) is 0 Å². The number of fused-ring (bicyclic) bond motifs is 1. The summed E-state index contributed by atoms with van der Waals surface area (Å²) in [7, 11) is 0. The van der Waals surface area contributed by atoms with Gasteiger partial charge in [0, 0.05) is 5.69 Å². The summed E-state index contributed by atoms with van der Waals surface area (Å²) < 4.78 is 0. The van der Waals surface area contributed by atoms with Gasteiger partial charge in [-0.05, 0) is 41.0 Å². The highest BCUT2D eigenvalue weighted by Gasteiger charge is 2.35. The summed E-state index contributed by atoms with van der Waals surface area (Å²) in [6.45, 7) is 0.0493. The van der Waals surface area contributed by atoms with Gasteiger partial charge in [0.1, 0.15) is 0 Å². The molecule has 0 radical (unpaired) electrons. The average molecular weight is 462 g/mol. The van der Waals surface area contributed by atoms with Gasteiger partial charge in [0.2, 0.25) is 0 Å². The number of carbonyl (C=O) groups excluding carboxylic acids is 3. The fraction of sp³-hybridized carbons (Fsp3) is 0.0690. The Kier molecular flexibility index (Phi) is 5.85. The van der Waals surface area contributed by atoms with Crippen LogP contribution in [0.4, 0.5) is 5.69 Å². The quantitative estimate of drug-likeness (QED) is 0.325. The molecule has 0 aromatic heterocycles. The van der Waals surface area contributed by atoms with Crippen molar-refractivity contribution in [2.45, 2.75) is 12.6 Å². The van der Waals surface area contributed by atoms with Crippen LogP contribution in [0.3, 0.4) is 0 Å². The number of nitrogen functional groups attached to an aromatic ring is 1. The fourth-order valence-corrected chi connectivity index (χ4v) is 4.32. The number of hydrogen-bond donors (Lipinski definition) is 2. The molecule has 0 unspecified atom stereocenters. The van der Waals surface area contributed by atoms with E-state index in [0.29, 0.717) is 22.4 Å². The van der Waals surface area contributed by atoms with Gasteiger partial charge in [0.05, 0.1) is 29.3 Å². The highest BCUT2D eigenvalue weighted by molar-refractivity contribution is 6.21. The zero-order valence-corrected chi connectivity index (χ0v) is 18.8. The standard InChI is InChI=1S/C29H23N3O3/c30-25-16-15-19(18-32-28(34)22-13-7-8-14-23(22)29(32)35)17-24(25)27(33)31-26(20-9-3-1-4-10-20)21-11-5-2-6-12-21/h1-17,26H,18,30H2,(H,31,33). The molecule has 4 aromatic carbocycles. The highest BCUT2D eigenvalue weighted by Crippen LogP contribution is 2.26. The number of nitrogens with one attached hydrogen (secondary N) is 1. The van der Waals surface area contributed by atoms with E-state index in [1.165, 1.54) is 4.90 Å². The van der Waals surface area contributed by atoms with E-state index < -0.39 is 0 Å². The maximum absolute atomic E-state index is 13.4. The van der Waals surface area contributed by atoms with Crippen LogP contribution >= 0.6 is 0 Å². The second-order valence-corrected chi connectivity index (χ2v) is 8.39. The zero-order valence-electron chi connectivity index (χ0n) is 18.8. The highest BCUT2D eigenvalue weighted by atomic mass is 16.2. The van der Waals surface area contributed by atoms with Gasteiger partial charge in [-0.2, -0.15) is 0 Å². The Morgan fingerprint density at radius 3 is 1.80 bits per heavy atom. The van der Waals surface area contributed by atoms with Gasteiger partial charge >= 0.3 is 0 Å². The monoisotopic (exact) mass is 461 g/mol. The Hall–Kier alpha value is -4.71. The molecule has 6 nitrogen and oxygen atoms in total. The first-order chi connectivity index (χ1) is 17.0. The normalized spacial score (nSPS) is 12.7. The van der Waals surface area contributed by atoms with Crippen LogP contribution in [0.15, 0.2) is 103 Å². The Morgan fingerprint density at radius 1 is 0.743 bits per heavy atom. The predicted octanol–water partition coefficient (Wildman–Crippen LogP) is 4.58. The third-order valence-electron chi connectivity index (χ3n) is 6.12. The molecule has 0 saturated carbocycles. The van der Waals surface area contributed by atoms with E-state index in [4.69, 9.17) is 5.73 Å². The molecule has 0 bridgehead atoms. The second kappa shape index (κ2) is 9.27. The average Bonchev–Trinajstić information content (AvgIpc) is 3.14. The van der Waals surface area contributed by atoms with Gasteiger partial charge in [-0.15, -0.1) is 0 Å². The summed E-state index contributed by atoms with van der Waals surface area (Å²) in [5.74, 6) is -1.03. The van der Waals surface area contributed by atoms with E-state index in [-0.39, 0.29) is 35.9 Å². The lowest BCUT2D eigenvalue weighted by atomic mass is 9.98. The van der Waals surface area contributed by atoms with Crippen molar-refractivity contribution in [2.75, 3.05) is 5.73 Å². The maximum Gasteiger partial charge on any atom is 0.261 e. The molecule has 0 aliphatic carbocycles. The van der Waals surface area contributed by atoms with Gasteiger partial charge in [0.25, 0.3) is 17.7 Å². The van der Waals surface area contributed by atoms with Crippen LogP contribution in [0, 0.1) is 0 Å². The van der Waals surface area contributed by atoms with Crippen molar-refractivity contribution in [3.05, 3.63) is 137 Å². The molecule has 4 aromatic rings. The summed E-state index contributed by atoms with van der Waals surface area (Å²) in [5.41, 5.74) is 10.1. The number of amides is 3. The largest absolute Gasteiger partial charge is 0.398 e. The summed E-state index contributed by atoms with van der Waals surface area (Å²) in [5, 5.41) is 3.09. The van der Waals surface area contributed by atoms with Gasteiger partial charge < -0.3 is 11.1 Å². The molecule has 1 aliphatic rings. The number of imide groups is 1. The number of hydrogen-bond acceptors (Lipinski definition) is 4. The number of anilines is 1. The van der Waals surface area contributed by atoms with E-state index >= 15 is 0 Å². The van der Waals surface area contributed by atoms with Gasteiger partial charge in [-0.25, -0.2) is 0 Å². The SMILES string of the molecule is Nc1ccc(CN2C(=O)c3ccccc3C2=O)cc1C(=O)NC(c1ccccc1)c1ccccc1. The molecule has 172 valence electrons. The summed E-state index contributed by atoms with van der Waals surface area (Å²) in [6, 6.07) is 30.8. The minimum atomic E-state index is -0.371. The van der Waals surface area contributed by atoms with E-state index in [2.05, 4.69) is 5.32 Å². The minimum Gasteiger partial charge on any atom is -0.398 e. The number of benzene rings is 4. The van der Waals surface area contributed by atoms with E-state index in [1.807, 2.05) is 60.7 Å². The van der Waals surface area contributed by atoms with Crippen molar-refractivity contribution in [3.8, 4) is 0 Å². The lowest BCUT2D eigenvalue weighted by molar-refractivity contribution is 0.0642. The molecule has 1 aliphatic heterocycles. The molecule has 0 atom stereocenters. The van der Waals surface area contributed by atoms with Crippen molar-refractivity contribution >= 4 is 23.4 Å². The van der Waals surface area contributed by atoms with E-state index in [9.17, 15) is 14.4 Å². The predicted molar refractivity (Wildman–Crippen MR) is 134 cm³/mol. The first-order valence-electron chi connectivity index (χ1n) is 11.3. The molecule has 0 saturated heterocycles. The van der Waals surface area contributed by atoms with Crippen LogP contribution in [0.2, 0.25) is 0 Å². The molecular formula is C29H23N3O3. The van der Waals surface area contributed by atoms with Gasteiger partial charge in [0.15, 0.2) is 0 Å². The molecule has 0 spiro atoms. The molecule has 5 rings (SSSR count). The van der Waals surface area contributed by atoms with Crippen LogP contribution in [0.5, 0.6) is 0 Å². The molecule has 3 amide bonds. The first kappa shape index (κ1) is 22.1. The zero-order chi connectivity index (χ0) is 24.4. The number of nitrogens with two attached hydrogens (primary N) is 1. The van der Waals surface area contributed by atoms with Gasteiger partial charge in [-0.3, -0.25) is 19.3 Å². The maximum atomic E-state index is 13.4. The van der Waals surface area contributed by atoms with Crippen LogP contribution in [0.25, 0.3) is 0 Å². The Labute approximate surface area is 203 Å². The van der Waals surface area contributed by atoms with Crippen LogP contribution < -0.4 is 11.1 Å². The summed E-state index contributed by atoms with van der Waals surface area (Å²) in [4.78, 5) is 40.1. The van der Waals surface area contributed by atoms with Crippen molar-refractivity contribution < 1.29 is 14.4 Å². The Bertz CT molecular complexity index is 1340. The van der Waals surface area contributed by atoms with E-state index in [0.717, 1.165) is 11.1 Å². The molecule has 35 heavy (non-hydrogen) atoms. The van der Waals surface area contributed by atoms with Crippen molar-refractivity contribution in [1.29, 1.82) is 0 Å². The Balaban J connectivity index is 1.41. The summed E-state index contributed by atoms with van der Waals surface area (Å²) >= 11 is 0. The molecule has 0 fully saturated rings. The lowest BCUT2D eigenvalue weighted by Crippen LogP contribution is -2.31. The van der Waals surface area contributed by atoms with Crippen molar-refractivity contribution in [2.24, 2.45) is 0 Å². The summed E-state index contributed by atoms with van der Waals surface area (Å²) in [6.07, 6.45) is 0. The topological polar surface area (TPSA) is 92.5 Å². The smallest absolute Gasteiger partial charge is 0.261 e. The third kappa shape index (κ3) is 4.29. The first-order valence-corrected chi connectivity index (χ1v) is 11.3. The minimum absolute atomic E-state index is 0.0493. The van der Waals surface area contributed by atoms with Gasteiger partial charge in [-0.1, -0.05) is 78.9 Å². The molecule has 3 N–H and O–H groups in total. The molecule has 6 heteroatoms. The number of nitrogens with zero attached hydrogens (tertiary/aromatic N) is 1. The van der Waals surface area contributed by atoms with Crippen LogP contribution in [-0.2, 0) is 6.54 Å². The number of carbonyl (C=O) groups is 3. The third-order valence-corrected chi connectivity index (χ3v) is 6.12. The fourth-order valence-electron chi connectivity index (χ4n) is 4.32. The lowest BCUT2D eigenvalue weighted by Gasteiger charge is -2.21. The van der Waals surface area contributed by atoms with Crippen LogP contribution in [0.1, 0.15) is 53.8 Å².